The number of benzene rings is 2. The molecule has 1 aliphatic rings. The number of aliphatic imine (C=N–C) groups is 1. The average molecular weight is 342 g/mol. The Kier molecular flexibility index (Phi) is 4.96. The van der Waals surface area contributed by atoms with Gasteiger partial charge in [-0.2, -0.15) is 0 Å². The third kappa shape index (κ3) is 3.49. The second-order valence-corrected chi connectivity index (χ2v) is 5.61. The Morgan fingerprint density at radius 1 is 1.17 bits per heavy atom. The quantitative estimate of drug-likeness (QED) is 0.595. The van der Waals surface area contributed by atoms with Gasteiger partial charge in [0.15, 0.2) is 5.70 Å². The van der Waals surface area contributed by atoms with Gasteiger partial charge < -0.3 is 9.47 Å². The smallest absolute Gasteiger partial charge is 0.363 e. The van der Waals surface area contributed by atoms with E-state index in [0.29, 0.717) is 22.9 Å². The molecule has 0 atom stereocenters. The van der Waals surface area contributed by atoms with Crippen molar-refractivity contribution in [3.05, 3.63) is 70.4 Å². The molecule has 2 aromatic carbocycles. The first-order chi connectivity index (χ1) is 11.7. The molecule has 2 aromatic rings. The van der Waals surface area contributed by atoms with Gasteiger partial charge in [-0.15, -0.1) is 0 Å². The predicted molar refractivity (Wildman–Crippen MR) is 94.3 cm³/mol. The van der Waals surface area contributed by atoms with Crippen LogP contribution in [0, 0.1) is 0 Å². The molecule has 0 fully saturated rings. The summed E-state index contributed by atoms with van der Waals surface area (Å²) in [5, 5.41) is 0.483. The van der Waals surface area contributed by atoms with Crippen LogP contribution in [0.4, 0.5) is 0 Å². The van der Waals surface area contributed by atoms with Crippen molar-refractivity contribution in [2.45, 2.75) is 13.3 Å². The summed E-state index contributed by atoms with van der Waals surface area (Å²) in [6.07, 6.45) is 2.57. The number of hydrogen-bond acceptors (Lipinski definition) is 4. The summed E-state index contributed by atoms with van der Waals surface area (Å²) in [4.78, 5) is 16.4. The maximum Gasteiger partial charge on any atom is 0.363 e. The maximum atomic E-state index is 12.1. The maximum absolute atomic E-state index is 12.1. The van der Waals surface area contributed by atoms with Crippen molar-refractivity contribution in [2.75, 3.05) is 6.61 Å². The van der Waals surface area contributed by atoms with Crippen LogP contribution < -0.4 is 4.74 Å². The molecule has 0 aliphatic carbocycles. The van der Waals surface area contributed by atoms with Gasteiger partial charge in [-0.25, -0.2) is 9.79 Å². The zero-order valence-corrected chi connectivity index (χ0v) is 13.9. The Labute approximate surface area is 145 Å². The highest BCUT2D eigenvalue weighted by atomic mass is 35.5. The Morgan fingerprint density at radius 2 is 1.92 bits per heavy atom. The highest BCUT2D eigenvalue weighted by molar-refractivity contribution is 6.34. The topological polar surface area (TPSA) is 47.9 Å². The van der Waals surface area contributed by atoms with E-state index in [4.69, 9.17) is 21.1 Å². The minimum absolute atomic E-state index is 0.212. The monoisotopic (exact) mass is 341 g/mol. The lowest BCUT2D eigenvalue weighted by molar-refractivity contribution is -0.129. The van der Waals surface area contributed by atoms with Gasteiger partial charge in [0.2, 0.25) is 5.90 Å². The number of carbonyl (C=O) groups is 1. The molecule has 5 heteroatoms. The first kappa shape index (κ1) is 16.3. The van der Waals surface area contributed by atoms with Crippen molar-refractivity contribution in [3.63, 3.8) is 0 Å². The molecule has 122 valence electrons. The summed E-state index contributed by atoms with van der Waals surface area (Å²) >= 11 is 6.13. The molecule has 0 spiro atoms. The Morgan fingerprint density at radius 3 is 2.71 bits per heavy atom. The Balaban J connectivity index is 1.94. The molecule has 24 heavy (non-hydrogen) atoms. The van der Waals surface area contributed by atoms with Gasteiger partial charge in [0.25, 0.3) is 0 Å². The largest absolute Gasteiger partial charge is 0.493 e. The number of halogens is 1. The van der Waals surface area contributed by atoms with Gasteiger partial charge in [-0.05, 0) is 30.7 Å². The highest BCUT2D eigenvalue weighted by Gasteiger charge is 2.25. The molecule has 0 saturated carbocycles. The molecule has 0 radical (unpaired) electrons. The lowest BCUT2D eigenvalue weighted by Crippen LogP contribution is -2.05. The lowest BCUT2D eigenvalue weighted by Gasteiger charge is -2.07. The van der Waals surface area contributed by atoms with Crippen LogP contribution in [0.3, 0.4) is 0 Å². The lowest BCUT2D eigenvalue weighted by atomic mass is 10.1. The molecular weight excluding hydrogens is 326 g/mol. The third-order valence-electron chi connectivity index (χ3n) is 3.40. The minimum Gasteiger partial charge on any atom is -0.493 e. The summed E-state index contributed by atoms with van der Waals surface area (Å²) in [5.74, 6) is 0.417. The van der Waals surface area contributed by atoms with Gasteiger partial charge in [0.05, 0.1) is 17.2 Å². The van der Waals surface area contributed by atoms with Gasteiger partial charge >= 0.3 is 5.97 Å². The molecule has 1 aliphatic heterocycles. The normalized spacial score (nSPS) is 15.3. The van der Waals surface area contributed by atoms with Crippen LogP contribution in [-0.2, 0) is 9.53 Å². The number of hydrogen-bond donors (Lipinski definition) is 0. The molecule has 0 bridgehead atoms. The van der Waals surface area contributed by atoms with Crippen molar-refractivity contribution in [1.82, 2.24) is 0 Å². The van der Waals surface area contributed by atoms with Crippen LogP contribution in [-0.4, -0.2) is 18.5 Å². The second-order valence-electron chi connectivity index (χ2n) is 5.20. The van der Waals surface area contributed by atoms with Gasteiger partial charge in [0, 0.05) is 5.56 Å². The summed E-state index contributed by atoms with van der Waals surface area (Å²) in [6.45, 7) is 2.65. The number of nitrogens with zero attached hydrogens (tertiary/aromatic N) is 1. The number of esters is 1. The van der Waals surface area contributed by atoms with Gasteiger partial charge in [-0.3, -0.25) is 0 Å². The van der Waals surface area contributed by atoms with E-state index in [1.54, 1.807) is 24.3 Å². The van der Waals surface area contributed by atoms with Crippen molar-refractivity contribution >= 4 is 29.5 Å². The predicted octanol–water partition coefficient (Wildman–Crippen LogP) is 4.47. The summed E-state index contributed by atoms with van der Waals surface area (Å²) in [5.41, 5.74) is 1.59. The fraction of sp³-hybridized carbons (Fsp3) is 0.158. The minimum atomic E-state index is -0.504. The van der Waals surface area contributed by atoms with E-state index >= 15 is 0 Å². The van der Waals surface area contributed by atoms with Gasteiger partial charge in [0.1, 0.15) is 5.75 Å². The summed E-state index contributed by atoms with van der Waals surface area (Å²) in [6, 6.07) is 14.6. The molecule has 3 rings (SSSR count). The molecular formula is C19H16ClNO3. The van der Waals surface area contributed by atoms with Crippen LogP contribution >= 0.6 is 11.6 Å². The number of rotatable bonds is 5. The van der Waals surface area contributed by atoms with Crippen molar-refractivity contribution < 1.29 is 14.3 Å². The molecule has 0 saturated heterocycles. The van der Waals surface area contributed by atoms with E-state index in [-0.39, 0.29) is 11.6 Å². The van der Waals surface area contributed by atoms with Gasteiger partial charge in [-0.1, -0.05) is 48.9 Å². The van der Waals surface area contributed by atoms with Crippen molar-refractivity contribution in [2.24, 2.45) is 4.99 Å². The number of carbonyl (C=O) groups excluding carboxylic acids is 1. The van der Waals surface area contributed by atoms with E-state index in [1.165, 1.54) is 0 Å². The second kappa shape index (κ2) is 7.32. The fourth-order valence-electron chi connectivity index (χ4n) is 2.25. The molecule has 4 nitrogen and oxygen atoms in total. The van der Waals surface area contributed by atoms with E-state index in [2.05, 4.69) is 4.99 Å². The standard InChI is InChI=1S/C19H16ClNO3/c1-2-11-23-17-10-6-3-7-13(17)12-16-19(22)24-18(21-16)14-8-4-5-9-15(14)20/h3-10,12H,2,11H2,1H3/b16-12-. The molecule has 0 N–H and O–H groups in total. The first-order valence-corrected chi connectivity index (χ1v) is 8.06. The highest BCUT2D eigenvalue weighted by Crippen LogP contribution is 2.26. The number of cyclic esters (lactones) is 1. The van der Waals surface area contributed by atoms with E-state index in [0.717, 1.165) is 12.0 Å². The fourth-order valence-corrected chi connectivity index (χ4v) is 2.47. The number of ether oxygens (including phenoxy) is 2. The van der Waals surface area contributed by atoms with Crippen molar-refractivity contribution in [3.8, 4) is 5.75 Å². The molecule has 0 unspecified atom stereocenters. The van der Waals surface area contributed by atoms with Crippen LogP contribution in [0.15, 0.2) is 59.2 Å². The van der Waals surface area contributed by atoms with Crippen LogP contribution in [0.1, 0.15) is 24.5 Å². The average Bonchev–Trinajstić information content (AvgIpc) is 2.95. The summed E-state index contributed by atoms with van der Waals surface area (Å²) < 4.78 is 10.9. The first-order valence-electron chi connectivity index (χ1n) is 7.68. The molecule has 0 aromatic heterocycles. The summed E-state index contributed by atoms with van der Waals surface area (Å²) in [7, 11) is 0. The van der Waals surface area contributed by atoms with Crippen LogP contribution in [0.5, 0.6) is 5.75 Å². The van der Waals surface area contributed by atoms with Crippen LogP contribution in [0.25, 0.3) is 6.08 Å². The zero-order valence-electron chi connectivity index (χ0n) is 13.2. The van der Waals surface area contributed by atoms with E-state index in [1.807, 2.05) is 37.3 Å². The Hall–Kier alpha value is -2.59. The van der Waals surface area contributed by atoms with Crippen LogP contribution in [0.2, 0.25) is 5.02 Å². The molecule has 0 amide bonds. The van der Waals surface area contributed by atoms with Crippen molar-refractivity contribution in [1.29, 1.82) is 0 Å². The molecule has 1 heterocycles. The number of para-hydroxylation sites is 1. The zero-order chi connectivity index (χ0) is 16.9. The van der Waals surface area contributed by atoms with E-state index < -0.39 is 5.97 Å². The Bertz CT molecular complexity index is 827. The van der Waals surface area contributed by atoms with E-state index in [9.17, 15) is 4.79 Å². The SMILES string of the molecule is CCCOc1ccccc1/C=C1\N=C(c2ccccc2Cl)OC1=O. The third-order valence-corrected chi connectivity index (χ3v) is 3.73.